The Balaban J connectivity index is 2.30. The number of carbonyl (C=O) groups is 1. The number of hydrogen-bond acceptors (Lipinski definition) is 2. The quantitative estimate of drug-likeness (QED) is 0.683. The molecule has 0 saturated carbocycles. The molecule has 0 radical (unpaired) electrons. The van der Waals surface area contributed by atoms with E-state index in [9.17, 15) is 9.18 Å². The number of fused-ring (bicyclic) bond motifs is 1. The lowest BCUT2D eigenvalue weighted by atomic mass is 9.98. The van der Waals surface area contributed by atoms with Crippen molar-refractivity contribution >= 4 is 32.7 Å². The van der Waals surface area contributed by atoms with E-state index in [1.54, 1.807) is 18.2 Å². The number of amides is 1. The Kier molecular flexibility index (Phi) is 4.13. The number of alkyl halides is 1. The van der Waals surface area contributed by atoms with E-state index in [1.165, 1.54) is 12.1 Å². The second kappa shape index (κ2) is 6.08. The second-order valence-electron chi connectivity index (χ2n) is 5.32. The molecule has 5 heteroatoms. The number of carbonyl (C=O) groups excluding carboxylic acids is 1. The molecule has 0 saturated heterocycles. The van der Waals surface area contributed by atoms with Gasteiger partial charge in [-0.15, -0.1) is 0 Å². The fourth-order valence-electron chi connectivity index (χ4n) is 2.49. The van der Waals surface area contributed by atoms with E-state index in [2.05, 4.69) is 20.9 Å². The van der Waals surface area contributed by atoms with Crippen LogP contribution >= 0.6 is 15.9 Å². The molecule has 116 valence electrons. The van der Waals surface area contributed by atoms with E-state index in [1.807, 2.05) is 25.1 Å². The van der Waals surface area contributed by atoms with Crippen LogP contribution in [-0.2, 0) is 0 Å². The first kappa shape index (κ1) is 15.6. The van der Waals surface area contributed by atoms with Crippen molar-refractivity contribution in [3.63, 3.8) is 0 Å². The highest BCUT2D eigenvalue weighted by Crippen LogP contribution is 2.32. The van der Waals surface area contributed by atoms with Gasteiger partial charge in [-0.25, -0.2) is 9.37 Å². The van der Waals surface area contributed by atoms with E-state index in [4.69, 9.17) is 5.73 Å². The first-order valence-electron chi connectivity index (χ1n) is 7.10. The Morgan fingerprint density at radius 3 is 2.48 bits per heavy atom. The summed E-state index contributed by atoms with van der Waals surface area (Å²) in [6, 6.07) is 13.7. The van der Waals surface area contributed by atoms with Crippen LogP contribution in [0.25, 0.3) is 22.0 Å². The van der Waals surface area contributed by atoms with E-state index >= 15 is 0 Å². The molecule has 3 rings (SSSR count). The highest BCUT2D eigenvalue weighted by molar-refractivity contribution is 9.09. The van der Waals surface area contributed by atoms with Crippen molar-refractivity contribution in [2.45, 2.75) is 11.8 Å². The topological polar surface area (TPSA) is 56.0 Å². The molecule has 1 heterocycles. The molecule has 2 N–H and O–H groups in total. The van der Waals surface area contributed by atoms with Crippen molar-refractivity contribution in [2.24, 2.45) is 5.73 Å². The van der Waals surface area contributed by atoms with Gasteiger partial charge in [0.1, 0.15) is 11.5 Å². The van der Waals surface area contributed by atoms with Gasteiger partial charge in [0, 0.05) is 10.2 Å². The van der Waals surface area contributed by atoms with Crippen LogP contribution in [0.2, 0.25) is 0 Å². The van der Waals surface area contributed by atoms with Crippen LogP contribution in [-0.4, -0.2) is 10.9 Å². The van der Waals surface area contributed by atoms with Crippen molar-refractivity contribution in [3.8, 4) is 11.1 Å². The number of primary amides is 1. The molecule has 1 unspecified atom stereocenters. The largest absolute Gasteiger partial charge is 0.364 e. The van der Waals surface area contributed by atoms with E-state index in [-0.39, 0.29) is 16.3 Å². The first-order valence-corrected chi connectivity index (χ1v) is 8.02. The van der Waals surface area contributed by atoms with Gasteiger partial charge in [0.2, 0.25) is 0 Å². The Hall–Kier alpha value is -2.27. The minimum absolute atomic E-state index is 0.167. The summed E-state index contributed by atoms with van der Waals surface area (Å²) in [5.74, 6) is -0.898. The minimum atomic E-state index is -0.590. The highest BCUT2D eigenvalue weighted by atomic mass is 79.9. The summed E-state index contributed by atoms with van der Waals surface area (Å²) in [5, 5.41) is 0.888. The predicted molar refractivity (Wildman–Crippen MR) is 93.0 cm³/mol. The summed E-state index contributed by atoms with van der Waals surface area (Å²) in [6.45, 7) is 2.01. The normalized spacial score (nSPS) is 12.3. The lowest BCUT2D eigenvalue weighted by molar-refractivity contribution is 0.0996. The molecule has 0 fully saturated rings. The molecule has 2 aromatic carbocycles. The van der Waals surface area contributed by atoms with Crippen LogP contribution in [0.15, 0.2) is 48.5 Å². The zero-order valence-electron chi connectivity index (χ0n) is 12.4. The van der Waals surface area contributed by atoms with Gasteiger partial charge in [0.05, 0.1) is 5.52 Å². The molecule has 0 aliphatic heterocycles. The van der Waals surface area contributed by atoms with Crippen LogP contribution in [0.5, 0.6) is 0 Å². The van der Waals surface area contributed by atoms with Crippen molar-refractivity contribution in [1.82, 2.24) is 4.98 Å². The van der Waals surface area contributed by atoms with Crippen LogP contribution in [0.3, 0.4) is 0 Å². The standard InChI is InChI=1S/C18H14BrFN2O/c1-10(19)12-4-7-14-15(11-2-5-13(20)6-3-11)9-17(18(21)23)22-16(14)8-12/h2-10H,1H3,(H2,21,23). The third-order valence-corrected chi connectivity index (χ3v) is 4.23. The Morgan fingerprint density at radius 1 is 1.17 bits per heavy atom. The lowest BCUT2D eigenvalue weighted by Gasteiger charge is -2.11. The van der Waals surface area contributed by atoms with Gasteiger partial charge >= 0.3 is 0 Å². The number of rotatable bonds is 3. The SMILES string of the molecule is CC(Br)c1ccc2c(-c3ccc(F)cc3)cc(C(N)=O)nc2c1. The lowest BCUT2D eigenvalue weighted by Crippen LogP contribution is -2.13. The number of halogens is 2. The van der Waals surface area contributed by atoms with Crippen molar-refractivity contribution < 1.29 is 9.18 Å². The number of hydrogen-bond donors (Lipinski definition) is 1. The van der Waals surface area contributed by atoms with Crippen molar-refractivity contribution in [1.29, 1.82) is 0 Å². The zero-order valence-corrected chi connectivity index (χ0v) is 14.0. The summed E-state index contributed by atoms with van der Waals surface area (Å²) in [7, 11) is 0. The Labute approximate surface area is 141 Å². The molecule has 23 heavy (non-hydrogen) atoms. The number of nitrogens with two attached hydrogens (primary N) is 1. The highest BCUT2D eigenvalue weighted by Gasteiger charge is 2.13. The fourth-order valence-corrected chi connectivity index (χ4v) is 2.77. The molecule has 0 bridgehead atoms. The Morgan fingerprint density at radius 2 is 1.87 bits per heavy atom. The zero-order chi connectivity index (χ0) is 16.6. The third kappa shape index (κ3) is 3.10. The fraction of sp³-hybridized carbons (Fsp3) is 0.111. The molecule has 0 spiro atoms. The van der Waals surface area contributed by atoms with E-state index < -0.39 is 5.91 Å². The average molecular weight is 373 g/mol. The smallest absolute Gasteiger partial charge is 0.267 e. The van der Waals surface area contributed by atoms with Gasteiger partial charge in [0.15, 0.2) is 0 Å². The molecule has 1 atom stereocenters. The molecule has 3 aromatic rings. The van der Waals surface area contributed by atoms with Crippen molar-refractivity contribution in [2.75, 3.05) is 0 Å². The molecular formula is C18H14BrFN2O. The summed E-state index contributed by atoms with van der Waals surface area (Å²) < 4.78 is 13.2. The van der Waals surface area contributed by atoms with Gasteiger partial charge < -0.3 is 5.73 Å². The maximum Gasteiger partial charge on any atom is 0.267 e. The van der Waals surface area contributed by atoms with Crippen LogP contribution in [0.1, 0.15) is 27.8 Å². The number of nitrogens with zero attached hydrogens (tertiary/aromatic N) is 1. The van der Waals surface area contributed by atoms with Crippen LogP contribution < -0.4 is 5.73 Å². The Bertz CT molecular complexity index is 891. The summed E-state index contributed by atoms with van der Waals surface area (Å²) in [6.07, 6.45) is 0. The van der Waals surface area contributed by atoms with Crippen LogP contribution in [0.4, 0.5) is 4.39 Å². The summed E-state index contributed by atoms with van der Waals surface area (Å²) in [5.41, 5.74) is 8.94. The van der Waals surface area contributed by atoms with E-state index in [0.29, 0.717) is 5.52 Å². The average Bonchev–Trinajstić information content (AvgIpc) is 2.53. The van der Waals surface area contributed by atoms with Gasteiger partial charge in [0.25, 0.3) is 5.91 Å². The maximum atomic E-state index is 13.2. The monoisotopic (exact) mass is 372 g/mol. The van der Waals surface area contributed by atoms with Gasteiger partial charge in [-0.2, -0.15) is 0 Å². The third-order valence-electron chi connectivity index (χ3n) is 3.70. The molecule has 1 amide bonds. The first-order chi connectivity index (χ1) is 11.0. The van der Waals surface area contributed by atoms with Gasteiger partial charge in [-0.05, 0) is 47.9 Å². The summed E-state index contributed by atoms with van der Waals surface area (Å²) in [4.78, 5) is 16.1. The number of pyridine rings is 1. The molecule has 0 aliphatic rings. The summed E-state index contributed by atoms with van der Waals surface area (Å²) >= 11 is 3.53. The van der Waals surface area contributed by atoms with Crippen molar-refractivity contribution in [3.05, 3.63) is 65.6 Å². The second-order valence-corrected chi connectivity index (χ2v) is 6.69. The van der Waals surface area contributed by atoms with Gasteiger partial charge in [-0.3, -0.25) is 4.79 Å². The maximum absolute atomic E-state index is 13.2. The number of aromatic nitrogens is 1. The van der Waals surface area contributed by atoms with Gasteiger partial charge in [-0.1, -0.05) is 40.2 Å². The molecule has 0 aliphatic carbocycles. The minimum Gasteiger partial charge on any atom is -0.364 e. The molecule has 1 aromatic heterocycles. The van der Waals surface area contributed by atoms with Crippen LogP contribution in [0, 0.1) is 5.82 Å². The van der Waals surface area contributed by atoms with E-state index in [0.717, 1.165) is 22.1 Å². The molecular weight excluding hydrogens is 359 g/mol. The number of benzene rings is 2. The molecule has 3 nitrogen and oxygen atoms in total. The predicted octanol–water partition coefficient (Wildman–Crippen LogP) is 4.60.